The van der Waals surface area contributed by atoms with Crippen molar-refractivity contribution in [2.75, 3.05) is 13.7 Å². The first-order valence-corrected chi connectivity index (χ1v) is 8.36. The minimum Gasteiger partial charge on any atom is -0.495 e. The molecule has 2 N–H and O–H groups in total. The number of benzene rings is 1. The molecule has 0 aliphatic carbocycles. The van der Waals surface area contributed by atoms with E-state index < -0.39 is 16.1 Å². The van der Waals surface area contributed by atoms with E-state index in [9.17, 15) is 13.5 Å². The topological polar surface area (TPSA) is 80.6 Å². The molecule has 0 saturated carbocycles. The van der Waals surface area contributed by atoms with Gasteiger partial charge in [-0.3, -0.25) is 0 Å². The van der Waals surface area contributed by atoms with Gasteiger partial charge in [-0.2, -0.15) is 0 Å². The number of nitrogens with one attached hydrogen (secondary N) is 1. The van der Waals surface area contributed by atoms with Crippen LogP contribution in [0.25, 0.3) is 0 Å². The third-order valence-corrected chi connectivity index (χ3v) is 4.89. The van der Waals surface area contributed by atoms with Crippen LogP contribution in [-0.4, -0.2) is 31.7 Å². The third-order valence-electron chi connectivity index (χ3n) is 3.39. The highest BCUT2D eigenvalue weighted by Crippen LogP contribution is 2.23. The number of aryl methyl sites for hydroxylation is 1. The monoisotopic (exact) mass is 324 g/mol. The summed E-state index contributed by atoms with van der Waals surface area (Å²) in [5.74, 6) is 0.290. The molecule has 0 aliphatic rings. The maximum absolute atomic E-state index is 12.3. The summed E-state index contributed by atoms with van der Waals surface area (Å²) in [5, 5.41) is 10.1. The average molecular weight is 324 g/mol. The Kier molecular flexibility index (Phi) is 5.23. The van der Waals surface area contributed by atoms with Gasteiger partial charge in [-0.05, 0) is 30.7 Å². The smallest absolute Gasteiger partial charge is 0.244 e. The number of hydrogen-bond donors (Lipinski definition) is 2. The zero-order valence-corrected chi connectivity index (χ0v) is 13.4. The fourth-order valence-corrected chi connectivity index (χ4v) is 3.43. The first-order chi connectivity index (χ1) is 10.5. The van der Waals surface area contributed by atoms with Crippen LogP contribution < -0.4 is 9.46 Å². The number of nitrogens with zero attached hydrogens (tertiary/aromatic N) is 1. The molecule has 0 bridgehead atoms. The van der Waals surface area contributed by atoms with Gasteiger partial charge in [0.25, 0.3) is 0 Å². The Balaban J connectivity index is 2.00. The molecule has 1 aromatic heterocycles. The van der Waals surface area contributed by atoms with Crippen LogP contribution in [-0.2, 0) is 17.1 Å². The minimum absolute atomic E-state index is 0.0888. The summed E-state index contributed by atoms with van der Waals surface area (Å²) in [6.45, 7) is 0.132. The van der Waals surface area contributed by atoms with Crippen LogP contribution in [0.3, 0.4) is 0 Å². The SMILES string of the molecule is COc1ccccc1S(=O)(=O)NCCC(O)c1cccn1C. The molecule has 2 rings (SSSR count). The van der Waals surface area contributed by atoms with Gasteiger partial charge >= 0.3 is 0 Å². The zero-order valence-electron chi connectivity index (χ0n) is 12.6. The highest BCUT2D eigenvalue weighted by Gasteiger charge is 2.19. The summed E-state index contributed by atoms with van der Waals surface area (Å²) >= 11 is 0. The molecule has 7 heteroatoms. The van der Waals surface area contributed by atoms with Crippen LogP contribution in [0.2, 0.25) is 0 Å². The second-order valence-electron chi connectivity index (χ2n) is 4.90. The summed E-state index contributed by atoms with van der Waals surface area (Å²) in [6, 6.07) is 10.0. The van der Waals surface area contributed by atoms with Crippen molar-refractivity contribution in [3.05, 3.63) is 48.3 Å². The summed E-state index contributed by atoms with van der Waals surface area (Å²) in [6.07, 6.45) is 1.39. The van der Waals surface area contributed by atoms with E-state index in [0.29, 0.717) is 0 Å². The molecular formula is C15H20N2O4S. The van der Waals surface area contributed by atoms with Crippen molar-refractivity contribution < 1.29 is 18.3 Å². The van der Waals surface area contributed by atoms with Gasteiger partial charge in [-0.1, -0.05) is 12.1 Å². The van der Waals surface area contributed by atoms with E-state index in [1.54, 1.807) is 28.8 Å². The standard InChI is InChI=1S/C15H20N2O4S/c1-17-11-5-6-12(17)13(18)9-10-16-22(19,20)15-8-4-3-7-14(15)21-2/h3-8,11,13,16,18H,9-10H2,1-2H3. The molecule has 1 unspecified atom stereocenters. The molecule has 0 amide bonds. The van der Waals surface area contributed by atoms with Crippen LogP contribution in [0.5, 0.6) is 5.75 Å². The highest BCUT2D eigenvalue weighted by atomic mass is 32.2. The number of hydrogen-bond acceptors (Lipinski definition) is 4. The lowest BCUT2D eigenvalue weighted by Crippen LogP contribution is -2.26. The van der Waals surface area contributed by atoms with Crippen molar-refractivity contribution in [2.45, 2.75) is 17.4 Å². The number of rotatable bonds is 7. The van der Waals surface area contributed by atoms with Gasteiger partial charge in [-0.15, -0.1) is 0 Å². The predicted octanol–water partition coefficient (Wildman–Crippen LogP) is 1.44. The summed E-state index contributed by atoms with van der Waals surface area (Å²) in [5.41, 5.74) is 0.747. The molecule has 1 atom stereocenters. The average Bonchev–Trinajstić information content (AvgIpc) is 2.93. The second-order valence-corrected chi connectivity index (χ2v) is 6.63. The third kappa shape index (κ3) is 3.68. The van der Waals surface area contributed by atoms with E-state index in [-0.39, 0.29) is 23.6 Å². The Morgan fingerprint density at radius 1 is 1.27 bits per heavy atom. The van der Waals surface area contributed by atoms with Crippen molar-refractivity contribution in [1.29, 1.82) is 0 Å². The molecule has 6 nitrogen and oxygen atoms in total. The Labute approximate surface area is 130 Å². The lowest BCUT2D eigenvalue weighted by Gasteiger charge is -2.14. The van der Waals surface area contributed by atoms with E-state index in [4.69, 9.17) is 4.74 Å². The van der Waals surface area contributed by atoms with Crippen LogP contribution in [0.1, 0.15) is 18.2 Å². The van der Waals surface area contributed by atoms with E-state index >= 15 is 0 Å². The van der Waals surface area contributed by atoms with Crippen molar-refractivity contribution in [3.8, 4) is 5.75 Å². The number of aliphatic hydroxyl groups excluding tert-OH is 1. The fourth-order valence-electron chi connectivity index (χ4n) is 2.22. The van der Waals surface area contributed by atoms with Crippen LogP contribution >= 0.6 is 0 Å². The number of para-hydroxylation sites is 1. The zero-order chi connectivity index (χ0) is 16.2. The maximum Gasteiger partial charge on any atom is 0.244 e. The number of methoxy groups -OCH3 is 1. The van der Waals surface area contributed by atoms with Crippen LogP contribution in [0, 0.1) is 0 Å². The normalized spacial score (nSPS) is 13.0. The number of ether oxygens (including phenoxy) is 1. The molecule has 1 aromatic carbocycles. The molecule has 0 aliphatic heterocycles. The largest absolute Gasteiger partial charge is 0.495 e. The van der Waals surface area contributed by atoms with Gasteiger partial charge in [0.2, 0.25) is 10.0 Å². The van der Waals surface area contributed by atoms with E-state index in [1.165, 1.54) is 13.2 Å². The maximum atomic E-state index is 12.3. The van der Waals surface area contributed by atoms with E-state index in [2.05, 4.69) is 4.72 Å². The number of aromatic nitrogens is 1. The van der Waals surface area contributed by atoms with Crippen molar-refractivity contribution >= 4 is 10.0 Å². The first-order valence-electron chi connectivity index (χ1n) is 6.87. The van der Waals surface area contributed by atoms with Crippen LogP contribution in [0.15, 0.2) is 47.5 Å². The summed E-state index contributed by atoms with van der Waals surface area (Å²) < 4.78 is 33.9. The summed E-state index contributed by atoms with van der Waals surface area (Å²) in [4.78, 5) is 0.0888. The van der Waals surface area contributed by atoms with Gasteiger partial charge in [0.05, 0.1) is 13.2 Å². The van der Waals surface area contributed by atoms with Crippen molar-refractivity contribution in [3.63, 3.8) is 0 Å². The molecule has 0 fully saturated rings. The Morgan fingerprint density at radius 3 is 2.64 bits per heavy atom. The van der Waals surface area contributed by atoms with Gasteiger partial charge < -0.3 is 14.4 Å². The molecule has 0 saturated heterocycles. The second kappa shape index (κ2) is 6.95. The van der Waals surface area contributed by atoms with Crippen LogP contribution in [0.4, 0.5) is 0 Å². The van der Waals surface area contributed by atoms with Crippen molar-refractivity contribution in [2.24, 2.45) is 7.05 Å². The van der Waals surface area contributed by atoms with Gasteiger partial charge in [0.1, 0.15) is 10.6 Å². The number of sulfonamides is 1. The molecule has 120 valence electrons. The minimum atomic E-state index is -3.67. The predicted molar refractivity (Wildman–Crippen MR) is 83.2 cm³/mol. The van der Waals surface area contributed by atoms with E-state index in [1.807, 2.05) is 19.3 Å². The van der Waals surface area contributed by atoms with Gasteiger partial charge in [0, 0.05) is 25.5 Å². The van der Waals surface area contributed by atoms with Gasteiger partial charge in [-0.25, -0.2) is 13.1 Å². The molecule has 1 heterocycles. The Bertz CT molecular complexity index is 725. The molecule has 2 aromatic rings. The highest BCUT2D eigenvalue weighted by molar-refractivity contribution is 7.89. The summed E-state index contributed by atoms with van der Waals surface area (Å²) in [7, 11) is -0.416. The first kappa shape index (κ1) is 16.5. The lowest BCUT2D eigenvalue weighted by atomic mass is 10.2. The fraction of sp³-hybridized carbons (Fsp3) is 0.333. The molecular weight excluding hydrogens is 304 g/mol. The Morgan fingerprint density at radius 2 is 2.00 bits per heavy atom. The Hall–Kier alpha value is -1.83. The number of aliphatic hydroxyl groups is 1. The molecule has 22 heavy (non-hydrogen) atoms. The lowest BCUT2D eigenvalue weighted by molar-refractivity contribution is 0.161. The van der Waals surface area contributed by atoms with Crippen molar-refractivity contribution in [1.82, 2.24) is 9.29 Å². The molecule has 0 radical (unpaired) electrons. The van der Waals surface area contributed by atoms with Gasteiger partial charge in [0.15, 0.2) is 0 Å². The quantitative estimate of drug-likeness (QED) is 0.807. The van der Waals surface area contributed by atoms with E-state index in [0.717, 1.165) is 5.69 Å². The molecule has 0 spiro atoms.